The monoisotopic (exact) mass is 267 g/mol. The summed E-state index contributed by atoms with van der Waals surface area (Å²) >= 11 is 7.09. The molecule has 1 N–H and O–H groups in total. The fourth-order valence-corrected chi connectivity index (χ4v) is 4.44. The number of nitrogens with one attached hydrogen (secondary N) is 1. The van der Waals surface area contributed by atoms with E-state index < -0.39 is 10.0 Å². The van der Waals surface area contributed by atoms with Crippen molar-refractivity contribution < 1.29 is 8.42 Å². The Kier molecular flexibility index (Phi) is 4.58. The molecule has 0 saturated heterocycles. The van der Waals surface area contributed by atoms with E-state index in [9.17, 15) is 8.42 Å². The highest BCUT2D eigenvalue weighted by atomic mass is 35.5. The van der Waals surface area contributed by atoms with Crippen molar-refractivity contribution in [2.45, 2.75) is 31.0 Å². The molecule has 1 rings (SSSR count). The molecular formula is C9H14ClNO2S2. The Morgan fingerprint density at radius 1 is 1.53 bits per heavy atom. The van der Waals surface area contributed by atoms with E-state index in [-0.39, 0.29) is 5.88 Å². The fourth-order valence-electron chi connectivity index (χ4n) is 1.25. The number of hydrogen-bond donors (Lipinski definition) is 1. The van der Waals surface area contributed by atoms with Gasteiger partial charge in [0.25, 0.3) is 0 Å². The van der Waals surface area contributed by atoms with Crippen molar-refractivity contribution in [1.29, 1.82) is 0 Å². The molecule has 0 aromatic carbocycles. The van der Waals surface area contributed by atoms with Gasteiger partial charge >= 0.3 is 0 Å². The van der Waals surface area contributed by atoms with Crippen molar-refractivity contribution in [2.24, 2.45) is 0 Å². The molecule has 1 heterocycles. The highest BCUT2D eigenvalue weighted by Gasteiger charge is 2.21. The fraction of sp³-hybridized carbons (Fsp3) is 0.556. The topological polar surface area (TPSA) is 46.2 Å². The van der Waals surface area contributed by atoms with Crippen molar-refractivity contribution in [3.63, 3.8) is 0 Å². The maximum absolute atomic E-state index is 11.9. The quantitative estimate of drug-likeness (QED) is 0.833. The van der Waals surface area contributed by atoms with Crippen molar-refractivity contribution in [1.82, 2.24) is 4.72 Å². The summed E-state index contributed by atoms with van der Waals surface area (Å²) in [5, 5.41) is 1.82. The number of thiophene rings is 1. The van der Waals surface area contributed by atoms with Crippen molar-refractivity contribution in [3.8, 4) is 0 Å². The predicted octanol–water partition coefficient (Wildman–Crippen LogP) is 2.48. The Labute approximate surface area is 99.5 Å². The Morgan fingerprint density at radius 2 is 2.20 bits per heavy atom. The van der Waals surface area contributed by atoms with Gasteiger partial charge in [-0.2, -0.15) is 0 Å². The molecule has 3 nitrogen and oxygen atoms in total. The Balaban J connectivity index is 3.08. The summed E-state index contributed by atoms with van der Waals surface area (Å²) in [5.41, 5.74) is 0.763. The van der Waals surface area contributed by atoms with E-state index in [2.05, 4.69) is 4.72 Å². The van der Waals surface area contributed by atoms with Crippen LogP contribution in [0.1, 0.15) is 23.8 Å². The lowest BCUT2D eigenvalue weighted by atomic mass is 10.3. The predicted molar refractivity (Wildman–Crippen MR) is 64.1 cm³/mol. The molecule has 0 aliphatic rings. The second kappa shape index (κ2) is 5.30. The number of rotatable bonds is 5. The van der Waals surface area contributed by atoms with E-state index in [1.54, 1.807) is 6.92 Å². The van der Waals surface area contributed by atoms with Gasteiger partial charge in [-0.15, -0.1) is 22.9 Å². The van der Waals surface area contributed by atoms with Gasteiger partial charge in [0.05, 0.1) is 10.8 Å². The third-order valence-electron chi connectivity index (χ3n) is 1.92. The summed E-state index contributed by atoms with van der Waals surface area (Å²) in [6, 6.07) is 0. The minimum absolute atomic E-state index is 0.237. The van der Waals surface area contributed by atoms with Gasteiger partial charge in [-0.25, -0.2) is 13.1 Å². The number of sulfonamides is 1. The summed E-state index contributed by atoms with van der Waals surface area (Å²) in [6.45, 7) is 4.16. The molecule has 0 fully saturated rings. The number of alkyl halides is 1. The van der Waals surface area contributed by atoms with Gasteiger partial charge in [-0.05, 0) is 24.3 Å². The molecule has 1 aromatic heterocycles. The van der Waals surface area contributed by atoms with Crippen LogP contribution in [0.2, 0.25) is 0 Å². The third kappa shape index (κ3) is 2.93. The van der Waals surface area contributed by atoms with Crippen LogP contribution in [-0.4, -0.2) is 15.0 Å². The molecule has 0 radical (unpaired) electrons. The molecule has 0 unspecified atom stereocenters. The van der Waals surface area contributed by atoms with Gasteiger partial charge in [0, 0.05) is 11.4 Å². The summed E-state index contributed by atoms with van der Waals surface area (Å²) in [6.07, 6.45) is 0.776. The third-order valence-corrected chi connectivity index (χ3v) is 5.27. The molecule has 0 saturated carbocycles. The number of aryl methyl sites for hydroxylation is 1. The lowest BCUT2D eigenvalue weighted by molar-refractivity contribution is 0.580. The van der Waals surface area contributed by atoms with E-state index in [1.165, 1.54) is 11.3 Å². The first-order valence-electron chi connectivity index (χ1n) is 4.65. The minimum atomic E-state index is -3.38. The minimum Gasteiger partial charge on any atom is -0.211 e. The van der Waals surface area contributed by atoms with E-state index in [4.69, 9.17) is 11.6 Å². The van der Waals surface area contributed by atoms with Crippen molar-refractivity contribution in [2.75, 3.05) is 6.54 Å². The van der Waals surface area contributed by atoms with Gasteiger partial charge in [-0.3, -0.25) is 0 Å². The maximum atomic E-state index is 11.9. The summed E-state index contributed by atoms with van der Waals surface area (Å²) in [4.78, 5) is 1.06. The lowest BCUT2D eigenvalue weighted by Crippen LogP contribution is -2.25. The first-order chi connectivity index (χ1) is 7.03. The van der Waals surface area contributed by atoms with Crippen LogP contribution in [0.15, 0.2) is 10.3 Å². The van der Waals surface area contributed by atoms with E-state index in [0.29, 0.717) is 16.3 Å². The zero-order valence-corrected chi connectivity index (χ0v) is 11.1. The van der Waals surface area contributed by atoms with Crippen LogP contribution in [0.4, 0.5) is 0 Å². The zero-order chi connectivity index (χ0) is 11.5. The lowest BCUT2D eigenvalue weighted by Gasteiger charge is -2.06. The van der Waals surface area contributed by atoms with Gasteiger partial charge in [0.15, 0.2) is 0 Å². The van der Waals surface area contributed by atoms with Gasteiger partial charge < -0.3 is 0 Å². The van der Waals surface area contributed by atoms with Gasteiger partial charge in [0.1, 0.15) is 0 Å². The summed E-state index contributed by atoms with van der Waals surface area (Å²) in [5.74, 6) is 0.237. The molecule has 0 amide bonds. The van der Waals surface area contributed by atoms with E-state index >= 15 is 0 Å². The van der Waals surface area contributed by atoms with Crippen LogP contribution in [0.3, 0.4) is 0 Å². The Bertz CT molecular complexity index is 425. The number of hydrogen-bond acceptors (Lipinski definition) is 3. The molecule has 0 aliphatic heterocycles. The van der Waals surface area contributed by atoms with Crippen molar-refractivity contribution >= 4 is 33.0 Å². The molecule has 0 spiro atoms. The van der Waals surface area contributed by atoms with Crippen LogP contribution < -0.4 is 4.72 Å². The maximum Gasteiger partial charge on any atom is 0.241 e. The average Bonchev–Trinajstić information content (AvgIpc) is 2.57. The van der Waals surface area contributed by atoms with Crippen LogP contribution in [0.5, 0.6) is 0 Å². The Morgan fingerprint density at radius 3 is 2.73 bits per heavy atom. The second-order valence-electron chi connectivity index (χ2n) is 3.20. The zero-order valence-electron chi connectivity index (χ0n) is 8.71. The highest BCUT2D eigenvalue weighted by Crippen LogP contribution is 2.27. The Hall–Kier alpha value is -0.100. The summed E-state index contributed by atoms with van der Waals surface area (Å²) < 4.78 is 26.3. The molecule has 15 heavy (non-hydrogen) atoms. The molecule has 86 valence electrons. The molecule has 0 bridgehead atoms. The van der Waals surface area contributed by atoms with Crippen molar-refractivity contribution in [3.05, 3.63) is 15.8 Å². The average molecular weight is 268 g/mol. The van der Waals surface area contributed by atoms with Crippen LogP contribution in [0.25, 0.3) is 0 Å². The number of halogens is 1. The standard InChI is InChI=1S/C9H14ClNO2S2/c1-3-4-11-15(12,13)9-7(2)6-14-8(9)5-10/h6,11H,3-5H2,1-2H3. The highest BCUT2D eigenvalue weighted by molar-refractivity contribution is 7.89. The van der Waals surface area contributed by atoms with Crippen LogP contribution >= 0.6 is 22.9 Å². The van der Waals surface area contributed by atoms with E-state index in [1.807, 2.05) is 12.3 Å². The van der Waals surface area contributed by atoms with Crippen LogP contribution in [-0.2, 0) is 15.9 Å². The van der Waals surface area contributed by atoms with Crippen LogP contribution in [0, 0.1) is 6.92 Å². The molecule has 0 aliphatic carbocycles. The molecular weight excluding hydrogens is 254 g/mol. The first-order valence-corrected chi connectivity index (χ1v) is 7.55. The van der Waals surface area contributed by atoms with Gasteiger partial charge in [-0.1, -0.05) is 6.92 Å². The second-order valence-corrected chi connectivity index (χ2v) is 6.14. The smallest absolute Gasteiger partial charge is 0.211 e. The molecule has 6 heteroatoms. The first kappa shape index (κ1) is 13.0. The summed E-state index contributed by atoms with van der Waals surface area (Å²) in [7, 11) is -3.38. The molecule has 1 aromatic rings. The molecule has 0 atom stereocenters. The van der Waals surface area contributed by atoms with E-state index in [0.717, 1.165) is 12.0 Å². The normalized spacial score (nSPS) is 11.9. The SMILES string of the molecule is CCCNS(=O)(=O)c1c(C)csc1CCl. The largest absolute Gasteiger partial charge is 0.241 e. The van der Waals surface area contributed by atoms with Gasteiger partial charge in [0.2, 0.25) is 10.0 Å².